The summed E-state index contributed by atoms with van der Waals surface area (Å²) in [5, 5.41) is 2.13. The monoisotopic (exact) mass is 262 g/mol. The molecule has 4 amide bonds. The molecule has 19 heavy (non-hydrogen) atoms. The van der Waals surface area contributed by atoms with E-state index in [0.29, 0.717) is 11.3 Å². The fourth-order valence-corrected chi connectivity index (χ4v) is 2.10. The van der Waals surface area contributed by atoms with Gasteiger partial charge in [0.05, 0.1) is 13.2 Å². The molecule has 0 aliphatic carbocycles. The van der Waals surface area contributed by atoms with Crippen LogP contribution in [0.15, 0.2) is 24.3 Å². The van der Waals surface area contributed by atoms with Crippen LogP contribution in [0.25, 0.3) is 0 Å². The predicted molar refractivity (Wildman–Crippen MR) is 66.4 cm³/mol. The smallest absolute Gasteiger partial charge is 0.331 e. The van der Waals surface area contributed by atoms with Crippen LogP contribution in [0.5, 0.6) is 5.75 Å². The van der Waals surface area contributed by atoms with E-state index in [1.165, 1.54) is 7.11 Å². The number of carbonyl (C=O) groups excluding carboxylic acids is 3. The van der Waals surface area contributed by atoms with Crippen molar-refractivity contribution in [3.63, 3.8) is 0 Å². The summed E-state index contributed by atoms with van der Waals surface area (Å²) in [5.74, 6) is -0.488. The molecule has 0 aromatic heterocycles. The zero-order valence-corrected chi connectivity index (χ0v) is 10.7. The van der Waals surface area contributed by atoms with Gasteiger partial charge in [0.25, 0.3) is 0 Å². The van der Waals surface area contributed by atoms with Crippen molar-refractivity contribution in [1.82, 2.24) is 10.2 Å². The van der Waals surface area contributed by atoms with Crippen LogP contribution in [0.2, 0.25) is 0 Å². The maximum Gasteiger partial charge on any atom is 0.331 e. The first-order chi connectivity index (χ1) is 9.04. The summed E-state index contributed by atoms with van der Waals surface area (Å²) in [4.78, 5) is 35.7. The molecule has 2 rings (SSSR count). The van der Waals surface area contributed by atoms with E-state index in [2.05, 4.69) is 5.32 Å². The zero-order valence-electron chi connectivity index (χ0n) is 10.7. The number of carbonyl (C=O) groups is 3. The third kappa shape index (κ3) is 2.42. The summed E-state index contributed by atoms with van der Waals surface area (Å²) >= 11 is 0. The van der Waals surface area contributed by atoms with Crippen LogP contribution < -0.4 is 10.1 Å². The van der Waals surface area contributed by atoms with Gasteiger partial charge in [-0.3, -0.25) is 19.8 Å². The van der Waals surface area contributed by atoms with Gasteiger partial charge in [-0.05, 0) is 13.0 Å². The van der Waals surface area contributed by atoms with Gasteiger partial charge in [-0.15, -0.1) is 0 Å². The van der Waals surface area contributed by atoms with Gasteiger partial charge in [-0.2, -0.15) is 0 Å². The van der Waals surface area contributed by atoms with Gasteiger partial charge in [0.1, 0.15) is 12.2 Å². The summed E-state index contributed by atoms with van der Waals surface area (Å²) in [6.45, 7) is 1.71. The van der Waals surface area contributed by atoms with Crippen LogP contribution in [-0.2, 0) is 9.59 Å². The Labute approximate surface area is 110 Å². The van der Waals surface area contributed by atoms with Crippen molar-refractivity contribution in [3.8, 4) is 5.75 Å². The second-order valence-corrected chi connectivity index (χ2v) is 4.21. The van der Waals surface area contributed by atoms with Gasteiger partial charge < -0.3 is 4.74 Å². The van der Waals surface area contributed by atoms with Crippen molar-refractivity contribution in [2.45, 2.75) is 19.4 Å². The van der Waals surface area contributed by atoms with Crippen molar-refractivity contribution in [2.24, 2.45) is 0 Å². The molecule has 0 spiro atoms. The van der Waals surface area contributed by atoms with Crippen molar-refractivity contribution >= 4 is 17.8 Å². The van der Waals surface area contributed by atoms with Crippen LogP contribution in [0, 0.1) is 0 Å². The Morgan fingerprint density at radius 2 is 1.95 bits per heavy atom. The number of amides is 4. The Morgan fingerprint density at radius 3 is 2.58 bits per heavy atom. The first-order valence-corrected chi connectivity index (χ1v) is 5.83. The van der Waals surface area contributed by atoms with E-state index in [1.54, 1.807) is 31.2 Å². The average molecular weight is 262 g/mol. The topological polar surface area (TPSA) is 75.7 Å². The highest BCUT2D eigenvalue weighted by molar-refractivity contribution is 6.14. The van der Waals surface area contributed by atoms with E-state index >= 15 is 0 Å². The van der Waals surface area contributed by atoms with Crippen LogP contribution in [0.1, 0.15) is 24.9 Å². The lowest BCUT2D eigenvalue weighted by Gasteiger charge is -2.31. The number of imide groups is 2. The number of hydrogen-bond acceptors (Lipinski definition) is 4. The minimum atomic E-state index is -0.695. The number of ether oxygens (including phenoxy) is 1. The number of nitrogens with zero attached hydrogens (tertiary/aromatic N) is 1. The zero-order chi connectivity index (χ0) is 14.0. The molecule has 1 atom stereocenters. The second kappa shape index (κ2) is 5.09. The Bertz CT molecular complexity index is 521. The summed E-state index contributed by atoms with van der Waals surface area (Å²) in [6, 6.07) is 5.93. The molecular weight excluding hydrogens is 248 g/mol. The molecular formula is C13H14N2O4. The minimum absolute atomic E-state index is 0.314. The molecule has 1 saturated heterocycles. The van der Waals surface area contributed by atoms with E-state index in [-0.39, 0.29) is 6.42 Å². The molecule has 1 N–H and O–H groups in total. The van der Waals surface area contributed by atoms with E-state index in [9.17, 15) is 14.4 Å². The number of benzene rings is 1. The van der Waals surface area contributed by atoms with Gasteiger partial charge in [0.15, 0.2) is 0 Å². The molecule has 6 heteroatoms. The number of para-hydroxylation sites is 1. The number of rotatable bonds is 3. The van der Waals surface area contributed by atoms with Crippen LogP contribution in [-0.4, -0.2) is 29.9 Å². The average Bonchev–Trinajstić information content (AvgIpc) is 2.37. The molecule has 1 aromatic carbocycles. The van der Waals surface area contributed by atoms with Crippen LogP contribution in [0.3, 0.4) is 0 Å². The first kappa shape index (κ1) is 13.1. The van der Waals surface area contributed by atoms with Gasteiger partial charge in [-0.1, -0.05) is 18.2 Å². The molecule has 1 aliphatic heterocycles. The van der Waals surface area contributed by atoms with E-state index in [1.807, 2.05) is 0 Å². The van der Waals surface area contributed by atoms with Gasteiger partial charge in [0.2, 0.25) is 11.8 Å². The summed E-state index contributed by atoms with van der Waals surface area (Å²) in [5.41, 5.74) is 0.711. The SMILES string of the molecule is COc1ccccc1C(C)N1C(=O)CC(=O)NC1=O. The third-order valence-corrected chi connectivity index (χ3v) is 3.02. The number of barbiturate groups is 1. The molecule has 1 fully saturated rings. The summed E-state index contributed by atoms with van der Waals surface area (Å²) < 4.78 is 5.21. The van der Waals surface area contributed by atoms with Gasteiger partial charge in [-0.25, -0.2) is 4.79 Å². The highest BCUT2D eigenvalue weighted by Crippen LogP contribution is 2.30. The summed E-state index contributed by atoms with van der Waals surface area (Å²) in [6.07, 6.45) is -0.314. The molecule has 1 aliphatic rings. The van der Waals surface area contributed by atoms with E-state index in [0.717, 1.165) is 4.90 Å². The van der Waals surface area contributed by atoms with Crippen molar-refractivity contribution < 1.29 is 19.1 Å². The predicted octanol–water partition coefficient (Wildman–Crippen LogP) is 1.22. The Kier molecular flexibility index (Phi) is 3.50. The maximum absolute atomic E-state index is 11.8. The van der Waals surface area contributed by atoms with Crippen LogP contribution in [0.4, 0.5) is 4.79 Å². The van der Waals surface area contributed by atoms with E-state index < -0.39 is 23.9 Å². The third-order valence-electron chi connectivity index (χ3n) is 3.02. The molecule has 6 nitrogen and oxygen atoms in total. The van der Waals surface area contributed by atoms with Gasteiger partial charge in [0, 0.05) is 5.56 Å². The molecule has 1 unspecified atom stereocenters. The minimum Gasteiger partial charge on any atom is -0.496 e. The standard InChI is InChI=1S/C13H14N2O4/c1-8(9-5-3-4-6-10(9)19-2)15-12(17)7-11(16)14-13(15)18/h3-6,8H,7H2,1-2H3,(H,14,16,18). The van der Waals surface area contributed by atoms with Crippen molar-refractivity contribution in [2.75, 3.05) is 7.11 Å². The number of nitrogens with one attached hydrogen (secondary N) is 1. The first-order valence-electron chi connectivity index (χ1n) is 5.83. The van der Waals surface area contributed by atoms with Crippen molar-refractivity contribution in [3.05, 3.63) is 29.8 Å². The Morgan fingerprint density at radius 1 is 1.26 bits per heavy atom. The Balaban J connectivity index is 2.33. The molecule has 1 heterocycles. The molecule has 0 radical (unpaired) electrons. The lowest BCUT2D eigenvalue weighted by atomic mass is 10.0. The summed E-state index contributed by atoms with van der Waals surface area (Å²) in [7, 11) is 1.52. The molecule has 0 bridgehead atoms. The highest BCUT2D eigenvalue weighted by atomic mass is 16.5. The van der Waals surface area contributed by atoms with Gasteiger partial charge >= 0.3 is 6.03 Å². The normalized spacial score (nSPS) is 17.2. The Hall–Kier alpha value is -2.37. The largest absolute Gasteiger partial charge is 0.496 e. The molecule has 1 aromatic rings. The number of urea groups is 1. The maximum atomic E-state index is 11.8. The second-order valence-electron chi connectivity index (χ2n) is 4.21. The fourth-order valence-electron chi connectivity index (χ4n) is 2.10. The number of methoxy groups -OCH3 is 1. The molecule has 0 saturated carbocycles. The quantitative estimate of drug-likeness (QED) is 0.831. The lowest BCUT2D eigenvalue weighted by molar-refractivity contribution is -0.137. The van der Waals surface area contributed by atoms with Crippen LogP contribution >= 0.6 is 0 Å². The van der Waals surface area contributed by atoms with E-state index in [4.69, 9.17) is 4.74 Å². The van der Waals surface area contributed by atoms with Crippen molar-refractivity contribution in [1.29, 1.82) is 0 Å². The highest BCUT2D eigenvalue weighted by Gasteiger charge is 2.35. The number of hydrogen-bond donors (Lipinski definition) is 1. The lowest BCUT2D eigenvalue weighted by Crippen LogP contribution is -2.53. The molecule has 100 valence electrons. The fraction of sp³-hybridized carbons (Fsp3) is 0.308.